The van der Waals surface area contributed by atoms with Gasteiger partial charge in [0.1, 0.15) is 19.7 Å². The molecule has 0 spiro atoms. The van der Waals surface area contributed by atoms with Crippen molar-refractivity contribution in [3.63, 3.8) is 0 Å². The third-order valence-electron chi connectivity index (χ3n) is 3.00. The molecule has 0 radical (unpaired) electrons. The number of alkyl halides is 2. The SMILES string of the molecule is O=[N+]([O-])C(F)(CO[C@H]1C[C@@H](C(F)([N+](=O)[O-])[N+](=O)[O-])CO1)[N+](=O)[O-]. The van der Waals surface area contributed by atoms with Crippen LogP contribution in [0.5, 0.6) is 0 Å². The molecule has 1 aliphatic rings. The van der Waals surface area contributed by atoms with Crippen molar-refractivity contribution >= 4 is 0 Å². The summed E-state index contributed by atoms with van der Waals surface area (Å²) in [7, 11) is 0. The maximum absolute atomic E-state index is 13.8. The molecule has 1 rings (SSSR count). The zero-order chi connectivity index (χ0) is 18.0. The van der Waals surface area contributed by atoms with E-state index in [0.717, 1.165) is 0 Å². The highest BCUT2D eigenvalue weighted by atomic mass is 19.2. The molecule has 0 bridgehead atoms. The van der Waals surface area contributed by atoms with Crippen molar-refractivity contribution in [3.05, 3.63) is 40.5 Å². The largest absolute Gasteiger partial charge is 0.637 e. The minimum Gasteiger partial charge on any atom is -0.352 e. The molecule has 0 aliphatic carbocycles. The van der Waals surface area contributed by atoms with Crippen LogP contribution in [-0.4, -0.2) is 51.0 Å². The molecule has 1 heterocycles. The van der Waals surface area contributed by atoms with Crippen LogP contribution in [0.2, 0.25) is 0 Å². The van der Waals surface area contributed by atoms with E-state index < -0.39 is 63.4 Å². The first-order chi connectivity index (χ1) is 10.5. The highest BCUT2D eigenvalue weighted by molar-refractivity contribution is 4.75. The summed E-state index contributed by atoms with van der Waals surface area (Å²) in [6.07, 6.45) is -2.55. The van der Waals surface area contributed by atoms with Crippen molar-refractivity contribution in [2.24, 2.45) is 5.92 Å². The minimum atomic E-state index is -4.21. The van der Waals surface area contributed by atoms with E-state index in [1.807, 2.05) is 0 Å². The molecule has 0 aromatic rings. The molecule has 1 fully saturated rings. The third-order valence-corrected chi connectivity index (χ3v) is 3.00. The average molecular weight is 346 g/mol. The molecule has 1 saturated heterocycles. The Bertz CT molecular complexity index is 515. The monoisotopic (exact) mass is 346 g/mol. The van der Waals surface area contributed by atoms with E-state index in [1.165, 1.54) is 0 Å². The number of ether oxygens (including phenoxy) is 2. The fraction of sp³-hybridized carbons (Fsp3) is 1.00. The lowest BCUT2D eigenvalue weighted by Gasteiger charge is -2.14. The number of nitrogens with zero attached hydrogens (tertiary/aromatic N) is 4. The Kier molecular flexibility index (Phi) is 5.00. The Morgan fingerprint density at radius 3 is 1.87 bits per heavy atom. The van der Waals surface area contributed by atoms with Crippen LogP contribution in [0.3, 0.4) is 0 Å². The molecule has 0 amide bonds. The Morgan fingerprint density at radius 1 is 1.00 bits per heavy atom. The van der Waals surface area contributed by atoms with Gasteiger partial charge in [0.25, 0.3) is 0 Å². The second-order valence-electron chi connectivity index (χ2n) is 4.39. The van der Waals surface area contributed by atoms with Gasteiger partial charge in [-0.15, -0.1) is 0 Å². The van der Waals surface area contributed by atoms with Crippen molar-refractivity contribution in [2.75, 3.05) is 13.2 Å². The second-order valence-corrected chi connectivity index (χ2v) is 4.39. The predicted octanol–water partition coefficient (Wildman–Crippen LogP) is -0.281. The molecule has 0 N–H and O–H groups in total. The Labute approximate surface area is 123 Å². The van der Waals surface area contributed by atoms with Crippen LogP contribution < -0.4 is 0 Å². The fourth-order valence-corrected chi connectivity index (χ4v) is 1.70. The van der Waals surface area contributed by atoms with Crippen molar-refractivity contribution in [3.8, 4) is 0 Å². The van der Waals surface area contributed by atoms with Gasteiger partial charge in [-0.25, -0.2) is 0 Å². The maximum atomic E-state index is 13.8. The van der Waals surface area contributed by atoms with E-state index in [1.54, 1.807) is 0 Å². The quantitative estimate of drug-likeness (QED) is 0.244. The van der Waals surface area contributed by atoms with Gasteiger partial charge in [0.05, 0.1) is 6.61 Å². The van der Waals surface area contributed by atoms with Gasteiger partial charge in [-0.05, 0) is 0 Å². The molecular formula is C7H8F2N4O10. The van der Waals surface area contributed by atoms with E-state index in [9.17, 15) is 49.2 Å². The summed E-state index contributed by atoms with van der Waals surface area (Å²) in [6, 6.07) is 0. The molecule has 0 aromatic heterocycles. The predicted molar refractivity (Wildman–Crippen MR) is 59.5 cm³/mol. The first-order valence-corrected chi connectivity index (χ1v) is 5.65. The van der Waals surface area contributed by atoms with Crippen LogP contribution in [0, 0.1) is 46.4 Å². The highest BCUT2D eigenvalue weighted by Gasteiger charge is 2.67. The Balaban J connectivity index is 2.75. The van der Waals surface area contributed by atoms with Crippen LogP contribution in [0.15, 0.2) is 0 Å². The van der Waals surface area contributed by atoms with Crippen LogP contribution >= 0.6 is 0 Å². The van der Waals surface area contributed by atoms with Gasteiger partial charge in [0.2, 0.25) is 6.61 Å². The van der Waals surface area contributed by atoms with Gasteiger partial charge in [0, 0.05) is 6.42 Å². The normalized spacial score (nSPS) is 21.8. The van der Waals surface area contributed by atoms with Crippen molar-refractivity contribution < 1.29 is 37.9 Å². The van der Waals surface area contributed by atoms with Crippen molar-refractivity contribution in [2.45, 2.75) is 24.5 Å². The minimum absolute atomic E-state index is 0.829. The number of hydrogen-bond acceptors (Lipinski definition) is 10. The van der Waals surface area contributed by atoms with E-state index in [0.29, 0.717) is 0 Å². The van der Waals surface area contributed by atoms with Gasteiger partial charge < -0.3 is 9.47 Å². The van der Waals surface area contributed by atoms with Crippen molar-refractivity contribution in [1.29, 1.82) is 0 Å². The number of halogens is 2. The first kappa shape index (κ1) is 18.4. The van der Waals surface area contributed by atoms with Gasteiger partial charge in [0.15, 0.2) is 12.2 Å². The number of nitro groups is 4. The van der Waals surface area contributed by atoms with Gasteiger partial charge in [-0.3, -0.25) is 40.5 Å². The zero-order valence-electron chi connectivity index (χ0n) is 10.9. The summed E-state index contributed by atoms with van der Waals surface area (Å²) < 4.78 is 36.2. The highest BCUT2D eigenvalue weighted by Crippen LogP contribution is 2.34. The van der Waals surface area contributed by atoms with Crippen LogP contribution in [0.4, 0.5) is 8.78 Å². The third kappa shape index (κ3) is 3.26. The summed E-state index contributed by atoms with van der Waals surface area (Å²) >= 11 is 0. The molecule has 0 saturated carbocycles. The Morgan fingerprint density at radius 2 is 1.48 bits per heavy atom. The molecule has 0 aromatic carbocycles. The van der Waals surface area contributed by atoms with Crippen molar-refractivity contribution in [1.82, 2.24) is 0 Å². The van der Waals surface area contributed by atoms with E-state index >= 15 is 0 Å². The Hall–Kier alpha value is -2.62. The van der Waals surface area contributed by atoms with Gasteiger partial charge >= 0.3 is 11.8 Å². The molecule has 1 aliphatic heterocycles. The summed E-state index contributed by atoms with van der Waals surface area (Å²) in [6.45, 7) is -2.61. The summed E-state index contributed by atoms with van der Waals surface area (Å²) in [5.41, 5.74) is 0. The second kappa shape index (κ2) is 6.24. The molecule has 16 heteroatoms. The van der Waals surface area contributed by atoms with Crippen LogP contribution in [-0.2, 0) is 9.47 Å². The van der Waals surface area contributed by atoms with Gasteiger partial charge in [-0.1, -0.05) is 8.78 Å². The fourth-order valence-electron chi connectivity index (χ4n) is 1.70. The molecule has 2 atom stereocenters. The summed E-state index contributed by atoms with van der Waals surface area (Å²) in [5.74, 6) is -10.2. The molecule has 14 nitrogen and oxygen atoms in total. The topological polar surface area (TPSA) is 191 Å². The molecule has 130 valence electrons. The first-order valence-electron chi connectivity index (χ1n) is 5.65. The average Bonchev–Trinajstić information content (AvgIpc) is 2.91. The number of rotatable bonds is 8. The lowest BCUT2D eigenvalue weighted by Crippen LogP contribution is -2.49. The smallest absolute Gasteiger partial charge is 0.352 e. The van der Waals surface area contributed by atoms with E-state index in [2.05, 4.69) is 9.47 Å². The van der Waals surface area contributed by atoms with Crippen LogP contribution in [0.25, 0.3) is 0 Å². The molecular weight excluding hydrogens is 338 g/mol. The van der Waals surface area contributed by atoms with E-state index in [-0.39, 0.29) is 0 Å². The number of hydrogen-bond donors (Lipinski definition) is 0. The van der Waals surface area contributed by atoms with E-state index in [4.69, 9.17) is 0 Å². The lowest BCUT2D eigenvalue weighted by atomic mass is 10.0. The van der Waals surface area contributed by atoms with Crippen LogP contribution in [0.1, 0.15) is 6.42 Å². The lowest BCUT2D eigenvalue weighted by molar-refractivity contribution is -0.841. The summed E-state index contributed by atoms with van der Waals surface area (Å²) in [4.78, 5) is 34.3. The van der Waals surface area contributed by atoms with Gasteiger partial charge in [-0.2, -0.15) is 0 Å². The molecule has 23 heavy (non-hydrogen) atoms. The zero-order valence-corrected chi connectivity index (χ0v) is 10.9. The maximum Gasteiger partial charge on any atom is 0.637 e. The standard InChI is InChI=1S/C7H8F2N4O10/c8-6(10(14)15,11(16)17)3-23-5-1-4(2-22-5)7(9,12(18)19)13(20)21/h4-5H,1-3H2/t4-,5+/m1/s1. The molecule has 0 unspecified atom stereocenters. The summed E-state index contributed by atoms with van der Waals surface area (Å²) in [5, 5.41) is 41.6.